The molecule has 18 heavy (non-hydrogen) atoms. The van der Waals surface area contributed by atoms with Crippen molar-refractivity contribution in [2.24, 2.45) is 0 Å². The van der Waals surface area contributed by atoms with Crippen LogP contribution < -0.4 is 0 Å². The molecule has 0 radical (unpaired) electrons. The van der Waals surface area contributed by atoms with Crippen molar-refractivity contribution >= 4 is 5.78 Å². The standard InChI is InChI=1S/C13H21N3O2/c1-9(2)16-6-4-5-11(8-16)13-14-12(18-15-13)7-10(3)17/h9,11H,4-8H2,1-3H3. The smallest absolute Gasteiger partial charge is 0.234 e. The lowest BCUT2D eigenvalue weighted by molar-refractivity contribution is -0.116. The van der Waals surface area contributed by atoms with Crippen molar-refractivity contribution in [2.45, 2.75) is 52.0 Å². The number of carbonyl (C=O) groups excluding carboxylic acids is 1. The molecule has 5 nitrogen and oxygen atoms in total. The van der Waals surface area contributed by atoms with E-state index in [0.29, 0.717) is 17.9 Å². The zero-order chi connectivity index (χ0) is 13.1. The molecule has 1 atom stereocenters. The van der Waals surface area contributed by atoms with Gasteiger partial charge in [0, 0.05) is 18.5 Å². The van der Waals surface area contributed by atoms with E-state index >= 15 is 0 Å². The van der Waals surface area contributed by atoms with Gasteiger partial charge in [0.1, 0.15) is 5.78 Å². The Morgan fingerprint density at radius 2 is 2.33 bits per heavy atom. The first kappa shape index (κ1) is 13.2. The van der Waals surface area contributed by atoms with Crippen LogP contribution in [-0.2, 0) is 11.2 Å². The number of aromatic nitrogens is 2. The van der Waals surface area contributed by atoms with Crippen LogP contribution >= 0.6 is 0 Å². The number of piperidine rings is 1. The second-order valence-electron chi connectivity index (χ2n) is 5.35. The van der Waals surface area contributed by atoms with Crippen molar-refractivity contribution in [3.05, 3.63) is 11.7 Å². The molecular weight excluding hydrogens is 230 g/mol. The van der Waals surface area contributed by atoms with Gasteiger partial charge in [0.05, 0.1) is 6.42 Å². The van der Waals surface area contributed by atoms with Gasteiger partial charge in [-0.25, -0.2) is 0 Å². The molecule has 0 saturated carbocycles. The highest BCUT2D eigenvalue weighted by molar-refractivity contribution is 5.77. The van der Waals surface area contributed by atoms with Gasteiger partial charge in [-0.15, -0.1) is 0 Å². The van der Waals surface area contributed by atoms with E-state index in [4.69, 9.17) is 4.52 Å². The van der Waals surface area contributed by atoms with Crippen molar-refractivity contribution in [1.29, 1.82) is 0 Å². The molecule has 0 aromatic carbocycles. The third-order valence-electron chi connectivity index (χ3n) is 3.43. The largest absolute Gasteiger partial charge is 0.339 e. The molecule has 1 unspecified atom stereocenters. The Kier molecular flexibility index (Phi) is 4.11. The van der Waals surface area contributed by atoms with E-state index in [-0.39, 0.29) is 12.2 Å². The first-order valence-corrected chi connectivity index (χ1v) is 6.62. The predicted molar refractivity (Wildman–Crippen MR) is 67.4 cm³/mol. The van der Waals surface area contributed by atoms with E-state index in [2.05, 4.69) is 28.9 Å². The van der Waals surface area contributed by atoms with Crippen LogP contribution in [0.4, 0.5) is 0 Å². The number of nitrogens with zero attached hydrogens (tertiary/aromatic N) is 3. The maximum Gasteiger partial charge on any atom is 0.234 e. The van der Waals surface area contributed by atoms with Crippen LogP contribution in [-0.4, -0.2) is 40.0 Å². The van der Waals surface area contributed by atoms with E-state index in [9.17, 15) is 4.79 Å². The third-order valence-corrected chi connectivity index (χ3v) is 3.43. The lowest BCUT2D eigenvalue weighted by Gasteiger charge is -2.34. The van der Waals surface area contributed by atoms with Crippen molar-refractivity contribution in [3.8, 4) is 0 Å². The minimum Gasteiger partial charge on any atom is -0.339 e. The molecular formula is C13H21N3O2. The van der Waals surface area contributed by atoms with E-state index in [1.54, 1.807) is 0 Å². The summed E-state index contributed by atoms with van der Waals surface area (Å²) in [6.45, 7) is 8.08. The summed E-state index contributed by atoms with van der Waals surface area (Å²) in [5.41, 5.74) is 0. The number of rotatable bonds is 4. The maximum atomic E-state index is 11.0. The second kappa shape index (κ2) is 5.61. The van der Waals surface area contributed by atoms with E-state index < -0.39 is 0 Å². The highest BCUT2D eigenvalue weighted by atomic mass is 16.5. The number of likely N-dealkylation sites (tertiary alicyclic amines) is 1. The van der Waals surface area contributed by atoms with Crippen LogP contribution in [0.5, 0.6) is 0 Å². The third kappa shape index (κ3) is 3.16. The van der Waals surface area contributed by atoms with Gasteiger partial charge in [0.25, 0.3) is 0 Å². The molecule has 100 valence electrons. The predicted octanol–water partition coefficient (Wildman–Crippen LogP) is 1.79. The normalized spacial score (nSPS) is 21.4. The summed E-state index contributed by atoms with van der Waals surface area (Å²) in [5, 5.41) is 4.02. The summed E-state index contributed by atoms with van der Waals surface area (Å²) in [4.78, 5) is 17.8. The minimum atomic E-state index is 0.0534. The molecule has 1 aromatic heterocycles. The van der Waals surface area contributed by atoms with Crippen LogP contribution in [0.15, 0.2) is 4.52 Å². The molecule has 0 aliphatic carbocycles. The quantitative estimate of drug-likeness (QED) is 0.816. The molecule has 5 heteroatoms. The maximum absolute atomic E-state index is 11.0. The fourth-order valence-electron chi connectivity index (χ4n) is 2.40. The molecule has 0 amide bonds. The highest BCUT2D eigenvalue weighted by Gasteiger charge is 2.26. The monoisotopic (exact) mass is 251 g/mol. The molecule has 1 fully saturated rings. The summed E-state index contributed by atoms with van der Waals surface area (Å²) in [6, 6.07) is 0.552. The summed E-state index contributed by atoms with van der Waals surface area (Å²) >= 11 is 0. The van der Waals surface area contributed by atoms with Crippen molar-refractivity contribution in [2.75, 3.05) is 13.1 Å². The molecule has 2 heterocycles. The first-order valence-electron chi connectivity index (χ1n) is 6.62. The van der Waals surface area contributed by atoms with E-state index in [1.807, 2.05) is 0 Å². The number of hydrogen-bond donors (Lipinski definition) is 0. The number of ketones is 1. The van der Waals surface area contributed by atoms with Crippen LogP contribution in [0.25, 0.3) is 0 Å². The van der Waals surface area contributed by atoms with Crippen LogP contribution in [0.2, 0.25) is 0 Å². The van der Waals surface area contributed by atoms with Crippen molar-refractivity contribution in [3.63, 3.8) is 0 Å². The topological polar surface area (TPSA) is 59.2 Å². The Bertz CT molecular complexity index is 414. The van der Waals surface area contributed by atoms with Crippen molar-refractivity contribution < 1.29 is 9.32 Å². The fraction of sp³-hybridized carbons (Fsp3) is 0.769. The SMILES string of the molecule is CC(=O)Cc1nc(C2CCCN(C(C)C)C2)no1. The Morgan fingerprint density at radius 1 is 1.56 bits per heavy atom. The summed E-state index contributed by atoms with van der Waals surface area (Å²) in [6.07, 6.45) is 2.51. The molecule has 0 N–H and O–H groups in total. The zero-order valence-electron chi connectivity index (χ0n) is 11.3. The van der Waals surface area contributed by atoms with Gasteiger partial charge in [0.2, 0.25) is 5.89 Å². The minimum absolute atomic E-state index is 0.0534. The van der Waals surface area contributed by atoms with Gasteiger partial charge in [-0.2, -0.15) is 4.98 Å². The average Bonchev–Trinajstić information content (AvgIpc) is 2.77. The fourth-order valence-corrected chi connectivity index (χ4v) is 2.40. The lowest BCUT2D eigenvalue weighted by Crippen LogP contribution is -2.39. The lowest BCUT2D eigenvalue weighted by atomic mass is 9.96. The van der Waals surface area contributed by atoms with Crippen LogP contribution in [0.1, 0.15) is 51.2 Å². The van der Waals surface area contributed by atoms with E-state index in [0.717, 1.165) is 25.3 Å². The van der Waals surface area contributed by atoms with Gasteiger partial charge in [0.15, 0.2) is 5.82 Å². The molecule has 0 bridgehead atoms. The highest BCUT2D eigenvalue weighted by Crippen LogP contribution is 2.25. The summed E-state index contributed by atoms with van der Waals surface area (Å²) in [7, 11) is 0. The van der Waals surface area contributed by atoms with Crippen molar-refractivity contribution in [1.82, 2.24) is 15.0 Å². The summed E-state index contributed by atoms with van der Waals surface area (Å²) in [5.74, 6) is 1.60. The van der Waals surface area contributed by atoms with Gasteiger partial charge >= 0.3 is 0 Å². The molecule has 1 saturated heterocycles. The van der Waals surface area contributed by atoms with Gasteiger partial charge in [-0.1, -0.05) is 5.16 Å². The number of carbonyl (C=O) groups is 1. The van der Waals surface area contributed by atoms with E-state index in [1.165, 1.54) is 13.3 Å². The molecule has 2 rings (SSSR count). The average molecular weight is 251 g/mol. The Balaban J connectivity index is 2.02. The number of Topliss-reactive ketones (excluding diaryl/α,β-unsaturated/α-hetero) is 1. The van der Waals surface area contributed by atoms with Gasteiger partial charge in [-0.3, -0.25) is 4.79 Å². The Morgan fingerprint density at radius 3 is 3.00 bits per heavy atom. The van der Waals surface area contributed by atoms with Gasteiger partial charge < -0.3 is 9.42 Å². The van der Waals surface area contributed by atoms with Crippen LogP contribution in [0.3, 0.4) is 0 Å². The van der Waals surface area contributed by atoms with Crippen LogP contribution in [0, 0.1) is 0 Å². The molecule has 1 aliphatic heterocycles. The molecule has 1 aliphatic rings. The number of hydrogen-bond acceptors (Lipinski definition) is 5. The van der Waals surface area contributed by atoms with Gasteiger partial charge in [-0.05, 0) is 40.2 Å². The summed E-state index contributed by atoms with van der Waals surface area (Å²) < 4.78 is 5.12. The zero-order valence-corrected chi connectivity index (χ0v) is 11.3. The molecule has 0 spiro atoms. The first-order chi connectivity index (χ1) is 8.56. The second-order valence-corrected chi connectivity index (χ2v) is 5.35. The molecule has 1 aromatic rings. The Hall–Kier alpha value is -1.23. The Labute approximate surface area is 108 Å².